The minimum atomic E-state index is 0.290. The van der Waals surface area contributed by atoms with Crippen molar-refractivity contribution in [3.63, 3.8) is 0 Å². The minimum Gasteiger partial charge on any atom is -0.368 e. The van der Waals surface area contributed by atoms with E-state index in [1.54, 1.807) is 0 Å². The molecule has 0 aliphatic heterocycles. The summed E-state index contributed by atoms with van der Waals surface area (Å²) in [5.41, 5.74) is 5.88. The SMILES string of the molecule is CC1CCCC(Nc2nc(N)nc(NC3CCCC(C)C3)n2)C1. The highest BCUT2D eigenvalue weighted by molar-refractivity contribution is 5.41. The molecule has 1 heterocycles. The first kappa shape index (κ1) is 16.3. The zero-order valence-electron chi connectivity index (χ0n) is 14.4. The molecule has 128 valence electrons. The van der Waals surface area contributed by atoms with E-state index in [0.717, 1.165) is 11.8 Å². The predicted octanol–water partition coefficient (Wildman–Crippen LogP) is 3.44. The second kappa shape index (κ2) is 7.32. The lowest BCUT2D eigenvalue weighted by atomic mass is 9.87. The van der Waals surface area contributed by atoms with Crippen LogP contribution in [0.25, 0.3) is 0 Å². The molecule has 2 aliphatic rings. The number of nitrogens with two attached hydrogens (primary N) is 1. The molecule has 6 nitrogen and oxygen atoms in total. The molecule has 1 aromatic rings. The molecule has 3 rings (SSSR count). The number of hydrogen-bond donors (Lipinski definition) is 3. The molecule has 0 amide bonds. The van der Waals surface area contributed by atoms with Crippen molar-refractivity contribution in [2.24, 2.45) is 11.8 Å². The Labute approximate surface area is 139 Å². The number of aromatic nitrogens is 3. The monoisotopic (exact) mass is 318 g/mol. The summed E-state index contributed by atoms with van der Waals surface area (Å²) in [6, 6.07) is 0.895. The van der Waals surface area contributed by atoms with Crippen molar-refractivity contribution in [2.45, 2.75) is 77.3 Å². The van der Waals surface area contributed by atoms with Gasteiger partial charge in [-0.3, -0.25) is 0 Å². The Morgan fingerprint density at radius 2 is 1.26 bits per heavy atom. The number of nitrogens with one attached hydrogen (secondary N) is 2. The number of nitrogen functional groups attached to an aromatic ring is 1. The fourth-order valence-corrected chi connectivity index (χ4v) is 4.02. The van der Waals surface area contributed by atoms with Gasteiger partial charge in [0.1, 0.15) is 0 Å². The van der Waals surface area contributed by atoms with Gasteiger partial charge in [0.2, 0.25) is 17.8 Å². The maximum absolute atomic E-state index is 5.88. The maximum atomic E-state index is 5.88. The van der Waals surface area contributed by atoms with Gasteiger partial charge in [0.25, 0.3) is 0 Å². The Kier molecular flexibility index (Phi) is 5.18. The fourth-order valence-electron chi connectivity index (χ4n) is 4.02. The highest BCUT2D eigenvalue weighted by Crippen LogP contribution is 2.27. The van der Waals surface area contributed by atoms with Gasteiger partial charge in [-0.2, -0.15) is 15.0 Å². The topological polar surface area (TPSA) is 88.8 Å². The van der Waals surface area contributed by atoms with Crippen LogP contribution in [0.4, 0.5) is 17.8 Å². The van der Waals surface area contributed by atoms with E-state index in [1.807, 2.05) is 0 Å². The molecule has 0 saturated heterocycles. The van der Waals surface area contributed by atoms with E-state index in [9.17, 15) is 0 Å². The Hall–Kier alpha value is -1.59. The van der Waals surface area contributed by atoms with E-state index in [1.165, 1.54) is 51.4 Å². The lowest BCUT2D eigenvalue weighted by Gasteiger charge is -2.28. The second-order valence-electron chi connectivity index (χ2n) is 7.57. The standard InChI is InChI=1S/C17H30N6/c1-11-5-3-7-13(9-11)19-16-21-15(18)22-17(23-16)20-14-8-4-6-12(2)10-14/h11-14H,3-10H2,1-2H3,(H4,18,19,20,21,22,23). The van der Waals surface area contributed by atoms with Gasteiger partial charge in [0, 0.05) is 12.1 Å². The van der Waals surface area contributed by atoms with Crippen LogP contribution >= 0.6 is 0 Å². The first-order valence-electron chi connectivity index (χ1n) is 9.13. The van der Waals surface area contributed by atoms with Crippen LogP contribution in [-0.4, -0.2) is 27.0 Å². The summed E-state index contributed by atoms with van der Waals surface area (Å²) in [5.74, 6) is 3.05. The van der Waals surface area contributed by atoms with E-state index in [2.05, 4.69) is 39.4 Å². The first-order chi connectivity index (χ1) is 11.1. The summed E-state index contributed by atoms with van der Waals surface area (Å²) in [5, 5.41) is 6.91. The highest BCUT2D eigenvalue weighted by Gasteiger charge is 2.22. The molecule has 6 heteroatoms. The molecule has 0 bridgehead atoms. The normalized spacial score (nSPS) is 31.6. The first-order valence-corrected chi connectivity index (χ1v) is 9.13. The van der Waals surface area contributed by atoms with Crippen molar-refractivity contribution in [1.29, 1.82) is 0 Å². The molecule has 2 saturated carbocycles. The Balaban J connectivity index is 1.64. The van der Waals surface area contributed by atoms with Gasteiger partial charge in [-0.05, 0) is 37.5 Å². The number of anilines is 3. The van der Waals surface area contributed by atoms with Gasteiger partial charge in [0.05, 0.1) is 0 Å². The van der Waals surface area contributed by atoms with Gasteiger partial charge < -0.3 is 16.4 Å². The Bertz CT molecular complexity index is 478. The molecular formula is C17H30N6. The van der Waals surface area contributed by atoms with Crippen LogP contribution in [0.3, 0.4) is 0 Å². The summed E-state index contributed by atoms with van der Waals surface area (Å²) < 4.78 is 0. The predicted molar refractivity (Wildman–Crippen MR) is 94.3 cm³/mol. The number of hydrogen-bond acceptors (Lipinski definition) is 6. The average molecular weight is 318 g/mol. The Morgan fingerprint density at radius 1 is 0.783 bits per heavy atom. The molecule has 1 aromatic heterocycles. The van der Waals surface area contributed by atoms with Gasteiger partial charge in [-0.1, -0.05) is 39.5 Å². The third-order valence-corrected chi connectivity index (χ3v) is 5.19. The minimum absolute atomic E-state index is 0.290. The third kappa shape index (κ3) is 4.69. The van der Waals surface area contributed by atoms with E-state index in [4.69, 9.17) is 5.73 Å². The molecule has 0 aromatic carbocycles. The summed E-state index contributed by atoms with van der Waals surface area (Å²) in [6.07, 6.45) is 9.89. The molecule has 4 N–H and O–H groups in total. The van der Waals surface area contributed by atoms with Gasteiger partial charge >= 0.3 is 0 Å². The summed E-state index contributed by atoms with van der Waals surface area (Å²) >= 11 is 0. The van der Waals surface area contributed by atoms with Crippen molar-refractivity contribution >= 4 is 17.8 Å². The zero-order chi connectivity index (χ0) is 16.2. The second-order valence-corrected chi connectivity index (χ2v) is 7.57. The van der Waals surface area contributed by atoms with E-state index >= 15 is 0 Å². The van der Waals surface area contributed by atoms with Crippen LogP contribution in [0, 0.1) is 11.8 Å². The van der Waals surface area contributed by atoms with Crippen LogP contribution in [0.5, 0.6) is 0 Å². The lowest BCUT2D eigenvalue weighted by Crippen LogP contribution is -2.29. The van der Waals surface area contributed by atoms with Crippen LogP contribution in [0.15, 0.2) is 0 Å². The van der Waals surface area contributed by atoms with Crippen LogP contribution < -0.4 is 16.4 Å². The number of nitrogens with zero attached hydrogens (tertiary/aromatic N) is 3. The van der Waals surface area contributed by atoms with Crippen LogP contribution in [0.1, 0.15) is 65.2 Å². The van der Waals surface area contributed by atoms with Crippen LogP contribution in [-0.2, 0) is 0 Å². The third-order valence-electron chi connectivity index (χ3n) is 5.19. The molecule has 23 heavy (non-hydrogen) atoms. The number of rotatable bonds is 4. The van der Waals surface area contributed by atoms with Gasteiger partial charge in [0.15, 0.2) is 0 Å². The van der Waals surface area contributed by atoms with Crippen molar-refractivity contribution < 1.29 is 0 Å². The Morgan fingerprint density at radius 3 is 1.70 bits per heavy atom. The lowest BCUT2D eigenvalue weighted by molar-refractivity contribution is 0.356. The van der Waals surface area contributed by atoms with Crippen molar-refractivity contribution in [3.8, 4) is 0 Å². The van der Waals surface area contributed by atoms with E-state index in [-0.39, 0.29) is 5.95 Å². The smallest absolute Gasteiger partial charge is 0.229 e. The van der Waals surface area contributed by atoms with Crippen LogP contribution in [0.2, 0.25) is 0 Å². The summed E-state index contributed by atoms with van der Waals surface area (Å²) in [6.45, 7) is 4.62. The quantitative estimate of drug-likeness (QED) is 0.788. The fraction of sp³-hybridized carbons (Fsp3) is 0.824. The molecule has 0 radical (unpaired) electrons. The van der Waals surface area contributed by atoms with Crippen molar-refractivity contribution in [3.05, 3.63) is 0 Å². The average Bonchev–Trinajstić information content (AvgIpc) is 2.46. The van der Waals surface area contributed by atoms with Crippen molar-refractivity contribution in [2.75, 3.05) is 16.4 Å². The van der Waals surface area contributed by atoms with Gasteiger partial charge in [-0.15, -0.1) is 0 Å². The maximum Gasteiger partial charge on any atom is 0.229 e. The van der Waals surface area contributed by atoms with Crippen molar-refractivity contribution in [1.82, 2.24) is 15.0 Å². The zero-order valence-corrected chi connectivity index (χ0v) is 14.4. The molecule has 4 atom stereocenters. The van der Waals surface area contributed by atoms with E-state index in [0.29, 0.717) is 24.0 Å². The largest absolute Gasteiger partial charge is 0.368 e. The molecule has 0 spiro atoms. The van der Waals surface area contributed by atoms with Gasteiger partial charge in [-0.25, -0.2) is 0 Å². The molecular weight excluding hydrogens is 288 g/mol. The molecule has 4 unspecified atom stereocenters. The molecule has 2 aliphatic carbocycles. The summed E-state index contributed by atoms with van der Waals surface area (Å²) in [4.78, 5) is 13.1. The van der Waals surface area contributed by atoms with E-state index < -0.39 is 0 Å². The molecule has 2 fully saturated rings. The summed E-state index contributed by atoms with van der Waals surface area (Å²) in [7, 11) is 0. The highest BCUT2D eigenvalue weighted by atomic mass is 15.3.